The van der Waals surface area contributed by atoms with Gasteiger partial charge in [-0.3, -0.25) is 15.3 Å². The fraction of sp³-hybridized carbons (Fsp3) is 0.211. The summed E-state index contributed by atoms with van der Waals surface area (Å²) in [5.74, 6) is 0. The summed E-state index contributed by atoms with van der Waals surface area (Å²) >= 11 is 0. The van der Waals surface area contributed by atoms with Crippen molar-refractivity contribution in [3.05, 3.63) is 92.2 Å². The summed E-state index contributed by atoms with van der Waals surface area (Å²) in [4.78, 5) is 16.8. The zero-order chi connectivity index (χ0) is 18.0. The van der Waals surface area contributed by atoms with Gasteiger partial charge in [0.1, 0.15) is 6.10 Å². The van der Waals surface area contributed by atoms with E-state index in [-0.39, 0.29) is 17.8 Å². The summed E-state index contributed by atoms with van der Waals surface area (Å²) in [6.45, 7) is 3.74. The van der Waals surface area contributed by atoms with Gasteiger partial charge in [-0.25, -0.2) is 0 Å². The van der Waals surface area contributed by atoms with Gasteiger partial charge >= 0.3 is 0 Å². The second-order valence-electron chi connectivity index (χ2n) is 6.00. The highest BCUT2D eigenvalue weighted by Gasteiger charge is 2.31. The number of nitrogens with zero attached hydrogens (tertiary/aromatic N) is 2. The highest BCUT2D eigenvalue weighted by molar-refractivity contribution is 5.97. The van der Waals surface area contributed by atoms with Crippen LogP contribution in [0.5, 0.6) is 0 Å². The Kier molecular flexibility index (Phi) is 4.52. The molecule has 2 aromatic rings. The lowest BCUT2D eigenvalue weighted by molar-refractivity contribution is -0.742. The van der Waals surface area contributed by atoms with Crippen LogP contribution < -0.4 is 0 Å². The molecule has 6 heteroatoms. The normalized spacial score (nSPS) is 17.5. The summed E-state index contributed by atoms with van der Waals surface area (Å²) in [5, 5.41) is 23.6. The first-order valence-corrected chi connectivity index (χ1v) is 7.95. The maximum Gasteiger partial charge on any atom is 0.283 e. The molecule has 0 radical (unpaired) electrons. The Morgan fingerprint density at radius 2 is 1.80 bits per heavy atom. The second kappa shape index (κ2) is 6.76. The van der Waals surface area contributed by atoms with Gasteiger partial charge in [0.05, 0.1) is 23.0 Å². The summed E-state index contributed by atoms with van der Waals surface area (Å²) in [6.07, 6.45) is 1.17. The number of allylic oxidation sites excluding steroid dienone is 1. The Morgan fingerprint density at radius 1 is 1.16 bits per heavy atom. The molecule has 1 atom stereocenters. The fourth-order valence-electron chi connectivity index (χ4n) is 2.96. The van der Waals surface area contributed by atoms with Gasteiger partial charge in [-0.2, -0.15) is 0 Å². The Bertz CT molecular complexity index is 886. The number of rotatable bonds is 4. The monoisotopic (exact) mass is 338 g/mol. The molecule has 0 aromatic heterocycles. The van der Waals surface area contributed by atoms with Gasteiger partial charge in [0.2, 0.25) is 0 Å². The minimum absolute atomic E-state index is 0.108. The minimum atomic E-state index is -0.468. The van der Waals surface area contributed by atoms with E-state index in [0.717, 1.165) is 16.7 Å². The largest absolute Gasteiger partial charge is 0.394 e. The number of nitro groups is 1. The molecule has 25 heavy (non-hydrogen) atoms. The molecule has 3 rings (SSSR count). The maximum atomic E-state index is 12.1. The van der Waals surface area contributed by atoms with E-state index in [1.165, 1.54) is 6.08 Å². The number of hydrogen-bond donors (Lipinski definition) is 0. The van der Waals surface area contributed by atoms with Crippen LogP contribution in [0.2, 0.25) is 0 Å². The number of benzene rings is 2. The molecule has 1 aliphatic heterocycles. The number of hydrogen-bond acceptors (Lipinski definition) is 4. The molecule has 128 valence electrons. The predicted octanol–water partition coefficient (Wildman–Crippen LogP) is 3.95. The van der Waals surface area contributed by atoms with Gasteiger partial charge in [-0.15, -0.1) is 0 Å². The average molecular weight is 338 g/mol. The molecule has 0 saturated carbocycles. The van der Waals surface area contributed by atoms with E-state index in [0.29, 0.717) is 10.5 Å². The highest BCUT2D eigenvalue weighted by atomic mass is 16.9. The Labute approximate surface area is 145 Å². The molecule has 0 aliphatic carbocycles. The standard InChI is InChI=1S/C19H18N2O4/c1-13-7-3-5-9-16(13)18(20(22)23)11-15-12-19(25-21(15)24)17-10-6-4-8-14(17)2/h3-11,19H,12H2,1-2H3/b18-11+. The van der Waals surface area contributed by atoms with Gasteiger partial charge < -0.3 is 4.84 Å². The summed E-state index contributed by atoms with van der Waals surface area (Å²) in [6, 6.07) is 14.7. The average Bonchev–Trinajstić information content (AvgIpc) is 2.94. The van der Waals surface area contributed by atoms with Gasteiger partial charge in [0.25, 0.3) is 11.4 Å². The van der Waals surface area contributed by atoms with Crippen LogP contribution in [0.25, 0.3) is 5.70 Å². The van der Waals surface area contributed by atoms with Crippen LogP contribution >= 0.6 is 0 Å². The molecule has 0 fully saturated rings. The third-order valence-corrected chi connectivity index (χ3v) is 4.31. The van der Waals surface area contributed by atoms with Gasteiger partial charge in [-0.05, 0) is 36.6 Å². The lowest BCUT2D eigenvalue weighted by Gasteiger charge is -2.13. The Balaban J connectivity index is 1.94. The van der Waals surface area contributed by atoms with E-state index in [4.69, 9.17) is 4.84 Å². The molecule has 1 unspecified atom stereocenters. The van der Waals surface area contributed by atoms with Crippen LogP contribution in [-0.2, 0) is 4.84 Å². The first kappa shape index (κ1) is 16.7. The molecule has 1 heterocycles. The minimum Gasteiger partial charge on any atom is -0.394 e. The van der Waals surface area contributed by atoms with Crippen LogP contribution in [-0.4, -0.2) is 15.5 Å². The molecule has 2 aromatic carbocycles. The van der Waals surface area contributed by atoms with E-state index in [1.54, 1.807) is 25.1 Å². The molecule has 1 aliphatic rings. The van der Waals surface area contributed by atoms with Crippen LogP contribution in [0, 0.1) is 29.2 Å². The van der Waals surface area contributed by atoms with Gasteiger partial charge in [0.15, 0.2) is 0 Å². The van der Waals surface area contributed by atoms with Crippen molar-refractivity contribution >= 4 is 11.4 Å². The first-order valence-electron chi connectivity index (χ1n) is 7.95. The zero-order valence-electron chi connectivity index (χ0n) is 14.0. The molecule has 0 saturated heterocycles. The topological polar surface area (TPSA) is 78.4 Å². The van der Waals surface area contributed by atoms with Crippen LogP contribution in [0.3, 0.4) is 0 Å². The van der Waals surface area contributed by atoms with E-state index in [1.807, 2.05) is 37.3 Å². The molecular formula is C19H18N2O4. The third kappa shape index (κ3) is 3.38. The molecule has 0 bridgehead atoms. The molecule has 0 N–H and O–H groups in total. The van der Waals surface area contributed by atoms with Crippen LogP contribution in [0.15, 0.2) is 54.6 Å². The van der Waals surface area contributed by atoms with E-state index in [9.17, 15) is 15.3 Å². The maximum absolute atomic E-state index is 12.1. The van der Waals surface area contributed by atoms with Crippen molar-refractivity contribution in [2.75, 3.05) is 0 Å². The number of aryl methyl sites for hydroxylation is 2. The molecule has 0 amide bonds. The van der Waals surface area contributed by atoms with Crippen molar-refractivity contribution in [2.24, 2.45) is 0 Å². The lowest BCUT2D eigenvalue weighted by Crippen LogP contribution is -2.08. The van der Waals surface area contributed by atoms with E-state index < -0.39 is 11.0 Å². The van der Waals surface area contributed by atoms with Crippen molar-refractivity contribution in [2.45, 2.75) is 26.4 Å². The van der Waals surface area contributed by atoms with Gasteiger partial charge in [-0.1, -0.05) is 42.5 Å². The zero-order valence-corrected chi connectivity index (χ0v) is 14.0. The van der Waals surface area contributed by atoms with E-state index in [2.05, 4.69) is 0 Å². The lowest BCUT2D eigenvalue weighted by atomic mass is 9.98. The quantitative estimate of drug-likeness (QED) is 0.480. The SMILES string of the molecule is Cc1ccccc1/C(=C\C1=[N+]([O-])OC(c2ccccc2C)C1)[N+](=O)[O-]. The molecule has 0 spiro atoms. The van der Waals surface area contributed by atoms with E-state index >= 15 is 0 Å². The Morgan fingerprint density at radius 3 is 2.44 bits per heavy atom. The third-order valence-electron chi connectivity index (χ3n) is 4.31. The smallest absolute Gasteiger partial charge is 0.283 e. The second-order valence-corrected chi connectivity index (χ2v) is 6.00. The summed E-state index contributed by atoms with van der Waals surface area (Å²) < 4.78 is 0. The van der Waals surface area contributed by atoms with Crippen LogP contribution in [0.4, 0.5) is 0 Å². The van der Waals surface area contributed by atoms with Crippen molar-refractivity contribution < 1.29 is 14.7 Å². The first-order chi connectivity index (χ1) is 12.0. The predicted molar refractivity (Wildman–Crippen MR) is 94.4 cm³/mol. The Hall–Kier alpha value is -3.15. The van der Waals surface area contributed by atoms with Gasteiger partial charge in [0, 0.05) is 4.90 Å². The van der Waals surface area contributed by atoms with Crippen LogP contribution in [0.1, 0.15) is 34.8 Å². The van der Waals surface area contributed by atoms with Crippen molar-refractivity contribution in [1.82, 2.24) is 0 Å². The van der Waals surface area contributed by atoms with Crippen molar-refractivity contribution in [3.8, 4) is 0 Å². The fourth-order valence-corrected chi connectivity index (χ4v) is 2.96. The molecule has 6 nitrogen and oxygen atoms in total. The van der Waals surface area contributed by atoms with Crippen molar-refractivity contribution in [3.63, 3.8) is 0 Å². The van der Waals surface area contributed by atoms with Crippen molar-refractivity contribution in [1.29, 1.82) is 0 Å². The molecular weight excluding hydrogens is 320 g/mol. The highest BCUT2D eigenvalue weighted by Crippen LogP contribution is 2.30. The summed E-state index contributed by atoms with van der Waals surface area (Å²) in [5.41, 5.74) is 3.32. The summed E-state index contributed by atoms with van der Waals surface area (Å²) in [7, 11) is 0.